The van der Waals surface area contributed by atoms with Gasteiger partial charge in [-0.2, -0.15) is 5.10 Å². The van der Waals surface area contributed by atoms with Gasteiger partial charge in [0.25, 0.3) is 0 Å². The zero-order valence-corrected chi connectivity index (χ0v) is 14.2. The predicted molar refractivity (Wildman–Crippen MR) is 89.3 cm³/mol. The van der Waals surface area contributed by atoms with Crippen LogP contribution in [0.25, 0.3) is 10.9 Å². The van der Waals surface area contributed by atoms with Crippen molar-refractivity contribution in [2.75, 3.05) is 19.6 Å². The summed E-state index contributed by atoms with van der Waals surface area (Å²) in [6, 6.07) is 6.21. The van der Waals surface area contributed by atoms with Crippen molar-refractivity contribution in [2.24, 2.45) is 7.05 Å². The number of benzene rings is 1. The van der Waals surface area contributed by atoms with E-state index in [9.17, 15) is 4.79 Å². The van der Waals surface area contributed by atoms with E-state index in [-0.39, 0.29) is 12.1 Å². The molecule has 1 aliphatic rings. The van der Waals surface area contributed by atoms with Gasteiger partial charge in [0.1, 0.15) is 5.60 Å². The van der Waals surface area contributed by atoms with E-state index in [1.54, 1.807) is 0 Å². The number of nitrogens with zero attached hydrogens (tertiary/aromatic N) is 3. The molecule has 0 radical (unpaired) electrons. The maximum absolute atomic E-state index is 12.5. The molecule has 0 saturated carbocycles. The molecule has 1 aromatic heterocycles. The molecular weight excluding hydrogens is 292 g/mol. The second-order valence-corrected chi connectivity index (χ2v) is 6.98. The number of fused-ring (bicyclic) bond motifs is 1. The Bertz CT molecular complexity index is 717. The number of hydrogen-bond acceptors (Lipinski definition) is 4. The van der Waals surface area contributed by atoms with Crippen molar-refractivity contribution in [1.29, 1.82) is 0 Å². The Balaban J connectivity index is 1.89. The SMILES string of the molecule is Cn1ncc2cc(C3CNCCN3C(=O)OC(C)(C)C)ccc21. The summed E-state index contributed by atoms with van der Waals surface area (Å²) in [5.41, 5.74) is 1.70. The molecule has 2 heterocycles. The number of carbonyl (C=O) groups excluding carboxylic acids is 1. The summed E-state index contributed by atoms with van der Waals surface area (Å²) in [4.78, 5) is 14.3. The highest BCUT2D eigenvalue weighted by Crippen LogP contribution is 2.27. The number of ether oxygens (including phenoxy) is 1. The van der Waals surface area contributed by atoms with E-state index >= 15 is 0 Å². The first-order valence-electron chi connectivity index (χ1n) is 7.97. The summed E-state index contributed by atoms with van der Waals surface area (Å²) in [5, 5.41) is 8.73. The first kappa shape index (κ1) is 15.8. The molecule has 1 atom stereocenters. The first-order chi connectivity index (χ1) is 10.8. The van der Waals surface area contributed by atoms with Gasteiger partial charge in [-0.1, -0.05) is 6.07 Å². The van der Waals surface area contributed by atoms with Gasteiger partial charge in [0.15, 0.2) is 0 Å². The molecule has 1 aliphatic heterocycles. The van der Waals surface area contributed by atoms with Gasteiger partial charge in [0, 0.05) is 32.1 Å². The van der Waals surface area contributed by atoms with E-state index in [0.717, 1.165) is 29.6 Å². The topological polar surface area (TPSA) is 59.4 Å². The Morgan fingerprint density at radius 1 is 1.39 bits per heavy atom. The van der Waals surface area contributed by atoms with Crippen LogP contribution < -0.4 is 5.32 Å². The number of aromatic nitrogens is 2. The normalized spacial score (nSPS) is 19.1. The largest absolute Gasteiger partial charge is 0.444 e. The molecule has 1 amide bonds. The minimum atomic E-state index is -0.486. The van der Waals surface area contributed by atoms with Gasteiger partial charge in [-0.15, -0.1) is 0 Å². The van der Waals surface area contributed by atoms with Crippen molar-refractivity contribution in [2.45, 2.75) is 32.4 Å². The predicted octanol–water partition coefficient (Wildman–Crippen LogP) is 2.45. The quantitative estimate of drug-likeness (QED) is 0.878. The summed E-state index contributed by atoms with van der Waals surface area (Å²) in [6.45, 7) is 7.83. The summed E-state index contributed by atoms with van der Waals surface area (Å²) < 4.78 is 7.41. The maximum atomic E-state index is 12.5. The lowest BCUT2D eigenvalue weighted by Gasteiger charge is -2.37. The molecule has 1 saturated heterocycles. The Morgan fingerprint density at radius 3 is 2.91 bits per heavy atom. The maximum Gasteiger partial charge on any atom is 0.410 e. The fourth-order valence-corrected chi connectivity index (χ4v) is 2.93. The standard InChI is InChI=1S/C17H24N4O2/c1-17(2,3)23-16(22)21-8-7-18-11-15(21)12-5-6-14-13(9-12)10-19-20(14)4/h5-6,9-10,15,18H,7-8,11H2,1-4H3. The second-order valence-electron chi connectivity index (χ2n) is 6.98. The third-order valence-electron chi connectivity index (χ3n) is 4.03. The van der Waals surface area contributed by atoms with Gasteiger partial charge < -0.3 is 10.1 Å². The monoisotopic (exact) mass is 316 g/mol. The number of aryl methyl sites for hydroxylation is 1. The van der Waals surface area contributed by atoms with Crippen molar-refractivity contribution in [3.8, 4) is 0 Å². The van der Waals surface area contributed by atoms with Crippen LogP contribution in [0.1, 0.15) is 32.4 Å². The third kappa shape index (κ3) is 3.32. The molecule has 3 rings (SSSR count). The average Bonchev–Trinajstić information content (AvgIpc) is 2.86. The number of piperazine rings is 1. The minimum Gasteiger partial charge on any atom is -0.444 e. The van der Waals surface area contributed by atoms with Gasteiger partial charge in [0.05, 0.1) is 17.8 Å². The lowest BCUT2D eigenvalue weighted by molar-refractivity contribution is 0.0118. The summed E-state index contributed by atoms with van der Waals surface area (Å²) in [5.74, 6) is 0. The Morgan fingerprint density at radius 2 is 2.17 bits per heavy atom. The zero-order chi connectivity index (χ0) is 16.6. The van der Waals surface area contributed by atoms with Crippen LogP contribution in [-0.2, 0) is 11.8 Å². The van der Waals surface area contributed by atoms with Crippen molar-refractivity contribution in [3.63, 3.8) is 0 Å². The number of amides is 1. The van der Waals surface area contributed by atoms with Crippen molar-refractivity contribution in [1.82, 2.24) is 20.0 Å². The van der Waals surface area contributed by atoms with E-state index < -0.39 is 5.60 Å². The summed E-state index contributed by atoms with van der Waals surface area (Å²) in [7, 11) is 1.93. The molecule has 1 N–H and O–H groups in total. The number of carbonyl (C=O) groups is 1. The fraction of sp³-hybridized carbons (Fsp3) is 0.529. The Labute approximate surface area is 136 Å². The highest BCUT2D eigenvalue weighted by molar-refractivity contribution is 5.79. The van der Waals surface area contributed by atoms with E-state index in [4.69, 9.17) is 4.74 Å². The molecule has 6 nitrogen and oxygen atoms in total. The average molecular weight is 316 g/mol. The first-order valence-corrected chi connectivity index (χ1v) is 7.97. The van der Waals surface area contributed by atoms with Crippen molar-refractivity contribution >= 4 is 17.0 Å². The highest BCUT2D eigenvalue weighted by Gasteiger charge is 2.31. The molecule has 1 unspecified atom stereocenters. The van der Waals surface area contributed by atoms with E-state index in [2.05, 4.69) is 28.6 Å². The van der Waals surface area contributed by atoms with Gasteiger partial charge in [-0.05, 0) is 38.5 Å². The van der Waals surface area contributed by atoms with Crippen LogP contribution in [0.3, 0.4) is 0 Å². The van der Waals surface area contributed by atoms with Gasteiger partial charge >= 0.3 is 6.09 Å². The van der Waals surface area contributed by atoms with Crippen LogP contribution in [0.2, 0.25) is 0 Å². The third-order valence-corrected chi connectivity index (χ3v) is 4.03. The molecular formula is C17H24N4O2. The number of rotatable bonds is 1. The molecule has 2 aromatic rings. The minimum absolute atomic E-state index is 0.0248. The van der Waals surface area contributed by atoms with Crippen LogP contribution in [0, 0.1) is 0 Å². The van der Waals surface area contributed by atoms with Crippen molar-refractivity contribution < 1.29 is 9.53 Å². The molecule has 0 bridgehead atoms. The molecule has 0 aliphatic carbocycles. The second kappa shape index (κ2) is 5.85. The fourth-order valence-electron chi connectivity index (χ4n) is 2.93. The van der Waals surface area contributed by atoms with Crippen LogP contribution >= 0.6 is 0 Å². The smallest absolute Gasteiger partial charge is 0.410 e. The zero-order valence-electron chi connectivity index (χ0n) is 14.2. The number of nitrogens with one attached hydrogen (secondary N) is 1. The van der Waals surface area contributed by atoms with Crippen LogP contribution in [0.4, 0.5) is 4.79 Å². The molecule has 1 fully saturated rings. The van der Waals surface area contributed by atoms with Gasteiger partial charge in [-0.3, -0.25) is 9.58 Å². The summed E-state index contributed by atoms with van der Waals surface area (Å²) >= 11 is 0. The number of hydrogen-bond donors (Lipinski definition) is 1. The van der Waals surface area contributed by atoms with E-state index in [1.165, 1.54) is 0 Å². The van der Waals surface area contributed by atoms with Gasteiger partial charge in [-0.25, -0.2) is 4.79 Å². The van der Waals surface area contributed by atoms with Crippen molar-refractivity contribution in [3.05, 3.63) is 30.0 Å². The molecule has 124 valence electrons. The highest BCUT2D eigenvalue weighted by atomic mass is 16.6. The van der Waals surface area contributed by atoms with Crippen LogP contribution in [-0.4, -0.2) is 46.0 Å². The van der Waals surface area contributed by atoms with Gasteiger partial charge in [0.2, 0.25) is 0 Å². The molecule has 0 spiro atoms. The molecule has 23 heavy (non-hydrogen) atoms. The van der Waals surface area contributed by atoms with E-state index in [1.807, 2.05) is 43.6 Å². The van der Waals surface area contributed by atoms with Crippen LogP contribution in [0.5, 0.6) is 0 Å². The van der Waals surface area contributed by atoms with E-state index in [0.29, 0.717) is 6.54 Å². The molecule has 6 heteroatoms. The lowest BCUT2D eigenvalue weighted by atomic mass is 10.0. The summed E-state index contributed by atoms with van der Waals surface area (Å²) in [6.07, 6.45) is 1.60. The lowest BCUT2D eigenvalue weighted by Crippen LogP contribution is -2.50. The Kier molecular flexibility index (Phi) is 4.02. The molecule has 1 aromatic carbocycles. The van der Waals surface area contributed by atoms with Crippen LogP contribution in [0.15, 0.2) is 24.4 Å². The Hall–Kier alpha value is -2.08.